The molecule has 0 spiro atoms. The van der Waals surface area contributed by atoms with Crippen LogP contribution in [0.1, 0.15) is 27.0 Å². The predicted molar refractivity (Wildman–Crippen MR) is 79.3 cm³/mol. The second-order valence-corrected chi connectivity index (χ2v) is 5.46. The lowest BCUT2D eigenvalue weighted by atomic mass is 10.1. The smallest absolute Gasteiger partial charge is 0.169 e. The first-order valence-corrected chi connectivity index (χ1v) is 6.78. The molecule has 0 saturated heterocycles. The van der Waals surface area contributed by atoms with Crippen molar-refractivity contribution < 1.29 is 4.79 Å². The summed E-state index contributed by atoms with van der Waals surface area (Å²) in [6.07, 6.45) is 1.78. The molecule has 0 aliphatic heterocycles. The molecule has 0 amide bonds. The van der Waals surface area contributed by atoms with E-state index in [1.54, 1.807) is 30.3 Å². The largest absolute Gasteiger partial charge is 0.294 e. The van der Waals surface area contributed by atoms with Crippen LogP contribution < -0.4 is 0 Å². The zero-order chi connectivity index (χ0) is 13.8. The van der Waals surface area contributed by atoms with Crippen molar-refractivity contribution in [3.05, 3.63) is 56.7 Å². The Morgan fingerprint density at radius 1 is 1.21 bits per heavy atom. The van der Waals surface area contributed by atoms with Crippen molar-refractivity contribution >= 4 is 40.4 Å². The third kappa shape index (κ3) is 3.31. The number of carbonyl (C=O) groups is 1. The summed E-state index contributed by atoms with van der Waals surface area (Å²) in [6.45, 7) is 1.52. The first-order chi connectivity index (χ1) is 9.10. The number of hydrogen-bond donors (Lipinski definition) is 0. The van der Waals surface area contributed by atoms with Crippen molar-refractivity contribution in [2.75, 3.05) is 0 Å². The first kappa shape index (κ1) is 13.5. The molecule has 0 radical (unpaired) electrons. The Bertz CT molecular complexity index is 677. The number of rotatable bonds is 3. The van der Waals surface area contributed by atoms with Gasteiger partial charge in [0.1, 0.15) is 6.07 Å². The van der Waals surface area contributed by atoms with Gasteiger partial charge in [-0.15, -0.1) is 11.3 Å². The van der Waals surface area contributed by atoms with Gasteiger partial charge in [0.25, 0.3) is 0 Å². The minimum absolute atomic E-state index is 0.0139. The lowest BCUT2D eigenvalue weighted by Crippen LogP contribution is -1.83. The number of thiophene rings is 1. The van der Waals surface area contributed by atoms with Crippen LogP contribution in [0.5, 0.6) is 0 Å². The van der Waals surface area contributed by atoms with Gasteiger partial charge in [0, 0.05) is 9.90 Å². The van der Waals surface area contributed by atoms with Gasteiger partial charge < -0.3 is 0 Å². The lowest BCUT2D eigenvalue weighted by Gasteiger charge is -1.96. The molecule has 0 aliphatic rings. The van der Waals surface area contributed by atoms with Gasteiger partial charge in [-0.25, -0.2) is 0 Å². The van der Waals surface area contributed by atoms with Crippen LogP contribution in [0.2, 0.25) is 5.02 Å². The van der Waals surface area contributed by atoms with E-state index in [-0.39, 0.29) is 5.78 Å². The van der Waals surface area contributed by atoms with E-state index >= 15 is 0 Å². The van der Waals surface area contributed by atoms with Crippen LogP contribution in [0.4, 0.5) is 0 Å². The summed E-state index contributed by atoms with van der Waals surface area (Å²) in [5.74, 6) is 0.0139. The monoisotopic (exact) mass is 287 g/mol. The Kier molecular flexibility index (Phi) is 4.16. The van der Waals surface area contributed by atoms with Crippen molar-refractivity contribution in [1.82, 2.24) is 0 Å². The average Bonchev–Trinajstić information content (AvgIpc) is 2.88. The molecule has 0 saturated carbocycles. The maximum absolute atomic E-state index is 11.3. The second-order valence-electron chi connectivity index (χ2n) is 3.94. The van der Waals surface area contributed by atoms with Crippen molar-refractivity contribution in [1.29, 1.82) is 5.26 Å². The molecule has 2 aromatic rings. The molecule has 1 aromatic carbocycles. The third-order valence-electron chi connectivity index (χ3n) is 2.52. The van der Waals surface area contributed by atoms with Crippen LogP contribution in [0, 0.1) is 11.3 Å². The highest BCUT2D eigenvalue weighted by Gasteiger charge is 2.08. The van der Waals surface area contributed by atoms with Gasteiger partial charge in [0.2, 0.25) is 0 Å². The summed E-state index contributed by atoms with van der Waals surface area (Å²) in [6, 6.07) is 12.9. The minimum atomic E-state index is 0.0139. The van der Waals surface area contributed by atoms with Gasteiger partial charge in [-0.3, -0.25) is 4.79 Å². The number of allylic oxidation sites excluding steroid dienone is 1. The van der Waals surface area contributed by atoms with Crippen LogP contribution in [0.25, 0.3) is 11.6 Å². The molecule has 2 rings (SSSR count). The average molecular weight is 288 g/mol. The van der Waals surface area contributed by atoms with Crippen molar-refractivity contribution in [2.45, 2.75) is 6.92 Å². The van der Waals surface area contributed by atoms with E-state index in [2.05, 4.69) is 6.07 Å². The third-order valence-corrected chi connectivity index (χ3v) is 3.99. The number of nitrogens with zero attached hydrogens (tertiary/aromatic N) is 1. The van der Waals surface area contributed by atoms with Crippen molar-refractivity contribution in [3.8, 4) is 6.07 Å². The molecule has 0 N–H and O–H groups in total. The van der Waals surface area contributed by atoms with Crippen LogP contribution >= 0.6 is 22.9 Å². The summed E-state index contributed by atoms with van der Waals surface area (Å²) >= 11 is 7.15. The Morgan fingerprint density at radius 3 is 2.37 bits per heavy atom. The molecule has 94 valence electrons. The molecule has 0 bridgehead atoms. The highest BCUT2D eigenvalue weighted by Crippen LogP contribution is 2.26. The molecular formula is C15H10ClNOS. The van der Waals surface area contributed by atoms with Gasteiger partial charge in [-0.05, 0) is 42.8 Å². The first-order valence-electron chi connectivity index (χ1n) is 5.58. The maximum atomic E-state index is 11.3. The van der Waals surface area contributed by atoms with E-state index in [0.29, 0.717) is 15.5 Å². The van der Waals surface area contributed by atoms with Gasteiger partial charge in [-0.2, -0.15) is 5.26 Å². The summed E-state index contributed by atoms with van der Waals surface area (Å²) < 4.78 is 0. The molecule has 0 fully saturated rings. The Morgan fingerprint density at radius 2 is 1.84 bits per heavy atom. The Hall–Kier alpha value is -1.89. The lowest BCUT2D eigenvalue weighted by molar-refractivity contribution is 0.102. The molecule has 0 aliphatic carbocycles. The normalized spacial score (nSPS) is 11.1. The van der Waals surface area contributed by atoms with E-state index in [0.717, 1.165) is 10.4 Å². The fourth-order valence-electron chi connectivity index (χ4n) is 1.56. The van der Waals surface area contributed by atoms with Gasteiger partial charge >= 0.3 is 0 Å². The summed E-state index contributed by atoms with van der Waals surface area (Å²) in [5, 5.41) is 9.88. The van der Waals surface area contributed by atoms with Gasteiger partial charge in [0.05, 0.1) is 10.5 Å². The quantitative estimate of drug-likeness (QED) is 0.608. The predicted octanol–water partition coefficient (Wildman–Crippen LogP) is 4.67. The van der Waals surface area contributed by atoms with E-state index in [1.165, 1.54) is 18.3 Å². The summed E-state index contributed by atoms with van der Waals surface area (Å²) in [5.41, 5.74) is 1.44. The van der Waals surface area contributed by atoms with E-state index < -0.39 is 0 Å². The summed E-state index contributed by atoms with van der Waals surface area (Å²) in [7, 11) is 0. The highest BCUT2D eigenvalue weighted by molar-refractivity contribution is 7.15. The van der Waals surface area contributed by atoms with E-state index in [9.17, 15) is 10.1 Å². The van der Waals surface area contributed by atoms with Gasteiger partial charge in [-0.1, -0.05) is 23.7 Å². The molecular weight excluding hydrogens is 278 g/mol. The number of benzene rings is 1. The standard InChI is InChI=1S/C15H10ClNOS/c1-10(18)14-6-7-15(19-14)12(9-17)8-11-2-4-13(16)5-3-11/h2-8H,1H3. The molecule has 0 unspecified atom stereocenters. The van der Waals surface area contributed by atoms with E-state index in [1.807, 2.05) is 12.1 Å². The molecule has 4 heteroatoms. The zero-order valence-corrected chi connectivity index (χ0v) is 11.8. The number of Topliss-reactive ketones (excluding diaryl/α,β-unsaturated/α-hetero) is 1. The van der Waals surface area contributed by atoms with Crippen molar-refractivity contribution in [3.63, 3.8) is 0 Å². The molecule has 2 nitrogen and oxygen atoms in total. The van der Waals surface area contributed by atoms with Crippen molar-refractivity contribution in [2.24, 2.45) is 0 Å². The van der Waals surface area contributed by atoms with Gasteiger partial charge in [0.15, 0.2) is 5.78 Å². The second kappa shape index (κ2) is 5.83. The van der Waals surface area contributed by atoms with E-state index in [4.69, 9.17) is 11.6 Å². The van der Waals surface area contributed by atoms with Crippen LogP contribution in [0.15, 0.2) is 36.4 Å². The number of carbonyl (C=O) groups excluding carboxylic acids is 1. The minimum Gasteiger partial charge on any atom is -0.294 e. The molecule has 19 heavy (non-hydrogen) atoms. The SMILES string of the molecule is CC(=O)c1ccc(C(C#N)=Cc2ccc(Cl)cc2)s1. The fraction of sp³-hybridized carbons (Fsp3) is 0.0667. The Balaban J connectivity index is 2.36. The highest BCUT2D eigenvalue weighted by atomic mass is 35.5. The molecule has 1 heterocycles. The maximum Gasteiger partial charge on any atom is 0.169 e. The van der Waals surface area contributed by atoms with Crippen LogP contribution in [0.3, 0.4) is 0 Å². The fourth-order valence-corrected chi connectivity index (χ4v) is 2.55. The van der Waals surface area contributed by atoms with Crippen LogP contribution in [-0.4, -0.2) is 5.78 Å². The topological polar surface area (TPSA) is 40.9 Å². The van der Waals surface area contributed by atoms with Crippen LogP contribution in [-0.2, 0) is 0 Å². The molecule has 0 atom stereocenters. The molecule has 1 aromatic heterocycles. The zero-order valence-electron chi connectivity index (χ0n) is 10.2. The number of halogens is 1. The number of hydrogen-bond acceptors (Lipinski definition) is 3. The number of nitriles is 1. The Labute approximate surface area is 120 Å². The number of ketones is 1. The summed E-state index contributed by atoms with van der Waals surface area (Å²) in [4.78, 5) is 12.7.